The third-order valence-electron chi connectivity index (χ3n) is 3.98. The van der Waals surface area contributed by atoms with Crippen molar-refractivity contribution in [1.82, 2.24) is 20.0 Å². The molecule has 1 atom stereocenters. The summed E-state index contributed by atoms with van der Waals surface area (Å²) < 4.78 is 4.78. The average Bonchev–Trinajstić information content (AvgIpc) is 3.24. The second-order valence-electron chi connectivity index (χ2n) is 5.30. The van der Waals surface area contributed by atoms with Crippen LogP contribution >= 0.6 is 0 Å². The fraction of sp³-hybridized carbons (Fsp3) is 0.267. The number of nitrogens with one attached hydrogen (secondary N) is 1. The van der Waals surface area contributed by atoms with Gasteiger partial charge in [-0.15, -0.1) is 0 Å². The Balaban J connectivity index is 1.55. The number of carbonyl (C=O) groups is 1. The van der Waals surface area contributed by atoms with E-state index in [1.54, 1.807) is 0 Å². The molecule has 0 bridgehead atoms. The normalized spacial score (nSPS) is 18.5. The maximum atomic E-state index is 12.6. The highest BCUT2D eigenvalue weighted by Crippen LogP contribution is 2.26. The minimum atomic E-state index is 0.0252. The number of para-hydroxylation sites is 1. The molecule has 106 valence electrons. The molecule has 1 aromatic carbocycles. The van der Waals surface area contributed by atoms with E-state index in [2.05, 4.69) is 15.1 Å². The molecular weight excluding hydrogens is 268 g/mol. The number of fused-ring (bicyclic) bond motifs is 1. The van der Waals surface area contributed by atoms with E-state index < -0.39 is 0 Å². The molecule has 1 aliphatic heterocycles. The summed E-state index contributed by atoms with van der Waals surface area (Å²) in [6, 6.07) is 9.79. The molecule has 3 heterocycles. The van der Waals surface area contributed by atoms with Crippen LogP contribution in [0.1, 0.15) is 28.7 Å². The van der Waals surface area contributed by atoms with Crippen molar-refractivity contribution < 1.29 is 9.32 Å². The molecule has 1 saturated heterocycles. The number of likely N-dealkylation sites (tertiary alicyclic amines) is 1. The van der Waals surface area contributed by atoms with Crippen molar-refractivity contribution in [3.63, 3.8) is 0 Å². The number of carbonyl (C=O) groups excluding carboxylic acids is 1. The van der Waals surface area contributed by atoms with Crippen LogP contribution in [0.15, 0.2) is 41.2 Å². The van der Waals surface area contributed by atoms with Gasteiger partial charge in [0.1, 0.15) is 5.69 Å². The molecule has 1 N–H and O–H groups in total. The largest absolute Gasteiger partial charge is 0.351 e. The first-order valence-electron chi connectivity index (χ1n) is 6.94. The van der Waals surface area contributed by atoms with Gasteiger partial charge in [-0.2, -0.15) is 4.98 Å². The molecule has 2 aromatic heterocycles. The highest BCUT2D eigenvalue weighted by Gasteiger charge is 2.30. The monoisotopic (exact) mass is 282 g/mol. The van der Waals surface area contributed by atoms with Gasteiger partial charge in [0, 0.05) is 29.9 Å². The number of H-pyrrole nitrogens is 1. The molecule has 1 aliphatic rings. The van der Waals surface area contributed by atoms with Crippen LogP contribution in [-0.2, 0) is 0 Å². The number of aromatic amines is 1. The molecule has 0 spiro atoms. The lowest BCUT2D eigenvalue weighted by atomic mass is 10.1. The fourth-order valence-electron chi connectivity index (χ4n) is 2.87. The highest BCUT2D eigenvalue weighted by atomic mass is 16.5. The Morgan fingerprint density at radius 1 is 1.38 bits per heavy atom. The number of hydrogen-bond acceptors (Lipinski definition) is 4. The van der Waals surface area contributed by atoms with Gasteiger partial charge in [-0.05, 0) is 18.6 Å². The third kappa shape index (κ3) is 2.08. The SMILES string of the molecule is O=C(c1cc2ccccc2[nH]1)N1CC[C@H](c2ncon2)C1. The van der Waals surface area contributed by atoms with Gasteiger partial charge in [0.05, 0.1) is 0 Å². The van der Waals surface area contributed by atoms with Crippen molar-refractivity contribution in [2.45, 2.75) is 12.3 Å². The zero-order valence-corrected chi connectivity index (χ0v) is 11.3. The fourth-order valence-corrected chi connectivity index (χ4v) is 2.87. The molecule has 0 saturated carbocycles. The summed E-state index contributed by atoms with van der Waals surface area (Å²) in [5.41, 5.74) is 1.61. The van der Waals surface area contributed by atoms with Crippen LogP contribution in [0.2, 0.25) is 0 Å². The third-order valence-corrected chi connectivity index (χ3v) is 3.98. The molecule has 0 radical (unpaired) electrons. The summed E-state index contributed by atoms with van der Waals surface area (Å²) in [6.07, 6.45) is 2.20. The number of amides is 1. The average molecular weight is 282 g/mol. The van der Waals surface area contributed by atoms with E-state index >= 15 is 0 Å². The number of hydrogen-bond donors (Lipinski definition) is 1. The number of aromatic nitrogens is 3. The Hall–Kier alpha value is -2.63. The predicted octanol–water partition coefficient (Wildman–Crippen LogP) is 2.18. The van der Waals surface area contributed by atoms with E-state index in [0.29, 0.717) is 24.6 Å². The van der Waals surface area contributed by atoms with Crippen LogP contribution in [0.4, 0.5) is 0 Å². The summed E-state index contributed by atoms with van der Waals surface area (Å²) >= 11 is 0. The van der Waals surface area contributed by atoms with E-state index in [4.69, 9.17) is 4.52 Å². The van der Waals surface area contributed by atoms with Gasteiger partial charge in [0.2, 0.25) is 6.39 Å². The maximum absolute atomic E-state index is 12.6. The summed E-state index contributed by atoms with van der Waals surface area (Å²) in [5.74, 6) is 0.872. The summed E-state index contributed by atoms with van der Waals surface area (Å²) in [6.45, 7) is 1.35. The van der Waals surface area contributed by atoms with Gasteiger partial charge < -0.3 is 14.4 Å². The Morgan fingerprint density at radius 3 is 3.10 bits per heavy atom. The predicted molar refractivity (Wildman–Crippen MR) is 75.9 cm³/mol. The summed E-state index contributed by atoms with van der Waals surface area (Å²) in [4.78, 5) is 21.7. The van der Waals surface area contributed by atoms with Gasteiger partial charge >= 0.3 is 0 Å². The molecule has 3 aromatic rings. The van der Waals surface area contributed by atoms with E-state index in [-0.39, 0.29) is 11.8 Å². The van der Waals surface area contributed by atoms with E-state index in [9.17, 15) is 4.79 Å². The zero-order valence-electron chi connectivity index (χ0n) is 11.3. The molecule has 6 heteroatoms. The molecule has 1 amide bonds. The molecule has 6 nitrogen and oxygen atoms in total. The smallest absolute Gasteiger partial charge is 0.270 e. The molecule has 1 fully saturated rings. The molecule has 21 heavy (non-hydrogen) atoms. The van der Waals surface area contributed by atoms with Gasteiger partial charge in [0.25, 0.3) is 5.91 Å². The minimum Gasteiger partial charge on any atom is -0.351 e. The first-order chi connectivity index (χ1) is 10.3. The lowest BCUT2D eigenvalue weighted by Crippen LogP contribution is -2.28. The summed E-state index contributed by atoms with van der Waals surface area (Å²) in [7, 11) is 0. The van der Waals surface area contributed by atoms with Crippen LogP contribution < -0.4 is 0 Å². The highest BCUT2D eigenvalue weighted by molar-refractivity contribution is 5.98. The molecule has 0 aliphatic carbocycles. The van der Waals surface area contributed by atoms with Crippen LogP contribution in [0, 0.1) is 0 Å². The Labute approximate surface area is 120 Å². The Kier molecular flexibility index (Phi) is 2.73. The van der Waals surface area contributed by atoms with Gasteiger partial charge in [-0.1, -0.05) is 23.4 Å². The van der Waals surface area contributed by atoms with Gasteiger partial charge in [0.15, 0.2) is 5.82 Å². The standard InChI is InChI=1S/C15H14N4O2/c20-15(13-7-10-3-1-2-4-12(10)17-13)19-6-5-11(8-19)14-16-9-21-18-14/h1-4,7,9,11,17H,5-6,8H2/t11-/m0/s1. The van der Waals surface area contributed by atoms with Crippen LogP contribution in [0.3, 0.4) is 0 Å². The minimum absolute atomic E-state index is 0.0252. The topological polar surface area (TPSA) is 75.0 Å². The van der Waals surface area contributed by atoms with Crippen molar-refractivity contribution in [2.24, 2.45) is 0 Å². The molecule has 0 unspecified atom stereocenters. The zero-order chi connectivity index (χ0) is 14.2. The van der Waals surface area contributed by atoms with Gasteiger partial charge in [-0.3, -0.25) is 4.79 Å². The van der Waals surface area contributed by atoms with E-state index in [1.807, 2.05) is 35.2 Å². The van der Waals surface area contributed by atoms with Crippen LogP contribution in [0.25, 0.3) is 10.9 Å². The number of benzene rings is 1. The maximum Gasteiger partial charge on any atom is 0.270 e. The first-order valence-corrected chi connectivity index (χ1v) is 6.94. The number of nitrogens with zero attached hydrogens (tertiary/aromatic N) is 3. The summed E-state index contributed by atoms with van der Waals surface area (Å²) in [5, 5.41) is 4.92. The van der Waals surface area contributed by atoms with E-state index in [0.717, 1.165) is 17.3 Å². The van der Waals surface area contributed by atoms with Crippen molar-refractivity contribution >= 4 is 16.8 Å². The first kappa shape index (κ1) is 12.1. The second-order valence-corrected chi connectivity index (χ2v) is 5.30. The molecular formula is C15H14N4O2. The van der Waals surface area contributed by atoms with Crippen molar-refractivity contribution in [1.29, 1.82) is 0 Å². The lowest BCUT2D eigenvalue weighted by Gasteiger charge is -2.14. The van der Waals surface area contributed by atoms with Gasteiger partial charge in [-0.25, -0.2) is 0 Å². The van der Waals surface area contributed by atoms with Crippen LogP contribution in [0.5, 0.6) is 0 Å². The van der Waals surface area contributed by atoms with Crippen molar-refractivity contribution in [3.05, 3.63) is 48.2 Å². The van der Waals surface area contributed by atoms with Crippen LogP contribution in [-0.4, -0.2) is 39.0 Å². The molecule has 4 rings (SSSR count). The Bertz CT molecular complexity index is 745. The quantitative estimate of drug-likeness (QED) is 0.781. The lowest BCUT2D eigenvalue weighted by molar-refractivity contribution is 0.0785. The number of rotatable bonds is 2. The van der Waals surface area contributed by atoms with E-state index in [1.165, 1.54) is 6.39 Å². The van der Waals surface area contributed by atoms with Crippen molar-refractivity contribution in [2.75, 3.05) is 13.1 Å². The van der Waals surface area contributed by atoms with Crippen molar-refractivity contribution in [3.8, 4) is 0 Å². The Morgan fingerprint density at radius 2 is 2.29 bits per heavy atom. The second kappa shape index (κ2) is 4.73.